The predicted molar refractivity (Wildman–Crippen MR) is 66.7 cm³/mol. The third-order valence-corrected chi connectivity index (χ3v) is 4.98. The van der Waals surface area contributed by atoms with E-state index < -0.39 is 0 Å². The minimum absolute atomic E-state index is 0.245. The summed E-state index contributed by atoms with van der Waals surface area (Å²) in [4.78, 5) is 7.09. The Morgan fingerprint density at radius 1 is 1.50 bits per heavy atom. The number of aromatic nitrogens is 1. The lowest BCUT2D eigenvalue weighted by Crippen LogP contribution is -2.00. The molecule has 4 heteroatoms. The fourth-order valence-electron chi connectivity index (χ4n) is 1.74. The van der Waals surface area contributed by atoms with Crippen molar-refractivity contribution in [3.63, 3.8) is 0 Å². The molecule has 0 aliphatic heterocycles. The molecule has 1 aliphatic carbocycles. The van der Waals surface area contributed by atoms with Crippen molar-refractivity contribution in [2.24, 2.45) is 0 Å². The average Bonchev–Trinajstić information content (AvgIpc) is 2.73. The van der Waals surface area contributed by atoms with Gasteiger partial charge in [-0.3, -0.25) is 0 Å². The summed E-state index contributed by atoms with van der Waals surface area (Å²) in [7, 11) is 0. The normalized spacial score (nSPS) is 17.0. The molecule has 3 rings (SSSR count). The quantitative estimate of drug-likeness (QED) is 0.809. The molecule has 0 aromatic carbocycles. The van der Waals surface area contributed by atoms with Gasteiger partial charge in [0, 0.05) is 4.88 Å². The second-order valence-corrected chi connectivity index (χ2v) is 6.25. The van der Waals surface area contributed by atoms with Crippen LogP contribution in [0.4, 0.5) is 0 Å². The van der Waals surface area contributed by atoms with Crippen LogP contribution in [0, 0.1) is 18.3 Å². The number of nitrogens with zero attached hydrogens (tertiary/aromatic N) is 2. The molecule has 2 aromatic heterocycles. The van der Waals surface area contributed by atoms with Crippen LogP contribution >= 0.6 is 22.7 Å². The molecule has 0 amide bonds. The maximum Gasteiger partial charge on any atom is 0.114 e. The van der Waals surface area contributed by atoms with Gasteiger partial charge in [-0.2, -0.15) is 5.26 Å². The van der Waals surface area contributed by atoms with Crippen molar-refractivity contribution < 1.29 is 0 Å². The summed E-state index contributed by atoms with van der Waals surface area (Å²) in [5.41, 5.74) is 0.821. The van der Waals surface area contributed by atoms with Gasteiger partial charge < -0.3 is 0 Å². The Bertz CT molecular complexity index is 556. The van der Waals surface area contributed by atoms with Gasteiger partial charge in [0.2, 0.25) is 0 Å². The number of hydrogen-bond acceptors (Lipinski definition) is 4. The van der Waals surface area contributed by atoms with E-state index in [1.54, 1.807) is 22.7 Å². The first-order valence-electron chi connectivity index (χ1n) is 5.18. The summed E-state index contributed by atoms with van der Waals surface area (Å²) in [6.07, 6.45) is 1.95. The Morgan fingerprint density at radius 2 is 2.31 bits per heavy atom. The summed E-state index contributed by atoms with van der Waals surface area (Å²) in [6.45, 7) is 2.09. The first-order chi connectivity index (χ1) is 7.75. The highest BCUT2D eigenvalue weighted by atomic mass is 32.1. The van der Waals surface area contributed by atoms with E-state index in [1.165, 1.54) is 9.75 Å². The molecule has 16 heavy (non-hydrogen) atoms. The first-order valence-corrected chi connectivity index (χ1v) is 6.88. The van der Waals surface area contributed by atoms with Gasteiger partial charge in [0.25, 0.3) is 0 Å². The van der Waals surface area contributed by atoms with Crippen molar-refractivity contribution >= 4 is 22.7 Å². The minimum Gasteiger partial charge on any atom is -0.238 e. The average molecular weight is 246 g/mol. The van der Waals surface area contributed by atoms with E-state index in [2.05, 4.69) is 29.4 Å². The van der Waals surface area contributed by atoms with Crippen molar-refractivity contribution in [2.75, 3.05) is 0 Å². The van der Waals surface area contributed by atoms with Crippen LogP contribution in [0.5, 0.6) is 0 Å². The van der Waals surface area contributed by atoms with Crippen LogP contribution in [0.3, 0.4) is 0 Å². The zero-order chi connectivity index (χ0) is 11.2. The van der Waals surface area contributed by atoms with Crippen molar-refractivity contribution in [1.29, 1.82) is 5.26 Å². The standard InChI is InChI=1S/C12H10N2S2/c1-8-10(9-3-2-6-15-9)14-11(16-8)12(7-13)4-5-12/h2-3,6H,4-5H2,1H3. The molecule has 1 saturated carbocycles. The maximum atomic E-state index is 9.16. The highest BCUT2D eigenvalue weighted by molar-refractivity contribution is 7.15. The maximum absolute atomic E-state index is 9.16. The van der Waals surface area contributed by atoms with E-state index >= 15 is 0 Å². The fraction of sp³-hybridized carbons (Fsp3) is 0.333. The molecule has 0 bridgehead atoms. The second-order valence-electron chi connectivity index (χ2n) is 4.10. The largest absolute Gasteiger partial charge is 0.238 e. The van der Waals surface area contributed by atoms with E-state index in [-0.39, 0.29) is 5.41 Å². The van der Waals surface area contributed by atoms with Gasteiger partial charge in [0.05, 0.1) is 16.6 Å². The summed E-state index contributed by atoms with van der Waals surface area (Å²) >= 11 is 3.38. The zero-order valence-electron chi connectivity index (χ0n) is 8.86. The molecule has 0 atom stereocenters. The molecule has 2 heterocycles. The Kier molecular flexibility index (Phi) is 2.13. The Labute approximate surface area is 102 Å². The van der Waals surface area contributed by atoms with Crippen molar-refractivity contribution in [3.05, 3.63) is 27.4 Å². The molecular weight excluding hydrogens is 236 g/mol. The van der Waals surface area contributed by atoms with Gasteiger partial charge in [0.1, 0.15) is 10.4 Å². The molecule has 2 aromatic rings. The van der Waals surface area contributed by atoms with E-state index in [1.807, 2.05) is 6.07 Å². The summed E-state index contributed by atoms with van der Waals surface area (Å²) in [6, 6.07) is 6.53. The molecule has 0 unspecified atom stereocenters. The second kappa shape index (κ2) is 3.41. The van der Waals surface area contributed by atoms with Crippen LogP contribution in [0.1, 0.15) is 22.7 Å². The summed E-state index contributed by atoms with van der Waals surface area (Å²) in [5.74, 6) is 0. The Balaban J connectivity index is 2.07. The number of thiazole rings is 1. The molecular formula is C12H10N2S2. The van der Waals surface area contributed by atoms with E-state index in [4.69, 9.17) is 5.26 Å². The van der Waals surface area contributed by atoms with Crippen LogP contribution in [0.2, 0.25) is 0 Å². The monoisotopic (exact) mass is 246 g/mol. The molecule has 1 aliphatic rings. The Morgan fingerprint density at radius 3 is 2.88 bits per heavy atom. The Hall–Kier alpha value is -1.18. The smallest absolute Gasteiger partial charge is 0.114 e. The molecule has 0 radical (unpaired) electrons. The summed E-state index contributed by atoms with van der Waals surface area (Å²) < 4.78 is 0. The van der Waals surface area contributed by atoms with Gasteiger partial charge in [-0.1, -0.05) is 6.07 Å². The van der Waals surface area contributed by atoms with Gasteiger partial charge in [-0.25, -0.2) is 4.98 Å². The summed E-state index contributed by atoms with van der Waals surface area (Å²) in [5, 5.41) is 12.2. The van der Waals surface area contributed by atoms with Crippen molar-refractivity contribution in [3.8, 4) is 16.6 Å². The van der Waals surface area contributed by atoms with Crippen LogP contribution in [-0.2, 0) is 5.41 Å². The molecule has 80 valence electrons. The molecule has 0 spiro atoms. The van der Waals surface area contributed by atoms with E-state index in [0.717, 1.165) is 23.5 Å². The van der Waals surface area contributed by atoms with Crippen LogP contribution in [0.15, 0.2) is 17.5 Å². The minimum atomic E-state index is -0.245. The molecule has 0 N–H and O–H groups in total. The SMILES string of the molecule is Cc1sc(C2(C#N)CC2)nc1-c1cccs1. The first kappa shape index (κ1) is 10.0. The number of aryl methyl sites for hydroxylation is 1. The molecule has 2 nitrogen and oxygen atoms in total. The number of hydrogen-bond donors (Lipinski definition) is 0. The predicted octanol–water partition coefficient (Wildman–Crippen LogP) is 3.74. The van der Waals surface area contributed by atoms with Gasteiger partial charge in [0.15, 0.2) is 0 Å². The van der Waals surface area contributed by atoms with Crippen molar-refractivity contribution in [1.82, 2.24) is 4.98 Å². The molecule has 0 saturated heterocycles. The van der Waals surface area contributed by atoms with Crippen LogP contribution in [-0.4, -0.2) is 4.98 Å². The van der Waals surface area contributed by atoms with Gasteiger partial charge >= 0.3 is 0 Å². The zero-order valence-corrected chi connectivity index (χ0v) is 10.5. The van der Waals surface area contributed by atoms with Gasteiger partial charge in [-0.15, -0.1) is 22.7 Å². The van der Waals surface area contributed by atoms with Gasteiger partial charge in [-0.05, 0) is 31.2 Å². The number of nitriles is 1. The van der Waals surface area contributed by atoms with E-state index in [9.17, 15) is 0 Å². The third-order valence-electron chi connectivity index (χ3n) is 2.92. The lowest BCUT2D eigenvalue weighted by molar-refractivity contribution is 0.891. The third kappa shape index (κ3) is 1.40. The number of thiophene rings is 1. The lowest BCUT2D eigenvalue weighted by atomic mass is 10.1. The van der Waals surface area contributed by atoms with Crippen LogP contribution < -0.4 is 0 Å². The van der Waals surface area contributed by atoms with E-state index in [0.29, 0.717) is 0 Å². The topological polar surface area (TPSA) is 36.7 Å². The lowest BCUT2D eigenvalue weighted by Gasteiger charge is -1.97. The fourth-order valence-corrected chi connectivity index (χ4v) is 3.70. The van der Waals surface area contributed by atoms with Crippen LogP contribution in [0.25, 0.3) is 10.6 Å². The van der Waals surface area contributed by atoms with Crippen molar-refractivity contribution in [2.45, 2.75) is 25.2 Å². The number of rotatable bonds is 2. The molecule has 1 fully saturated rings. The highest BCUT2D eigenvalue weighted by Crippen LogP contribution is 2.50. The highest BCUT2D eigenvalue weighted by Gasteiger charge is 2.48.